The average molecular weight is 727 g/mol. The minimum atomic E-state index is 1.26. The Morgan fingerprint density at radius 2 is 0.448 bits per heavy atom. The fourth-order valence-electron chi connectivity index (χ4n) is 11.9. The molecular weight excluding hydrogens is 697 g/mol. The SMILES string of the molecule is c1ccc2c(c1)-c1ccc3c4c(-c5cccc6ccccc56)c5c6ccc7c8c(ccc(c5c(-c5cccc9ccccc59)c4c4ccc-2c1c34)c86)-c1ccccc1-7. The van der Waals surface area contributed by atoms with Crippen LogP contribution in [0, 0.1) is 0 Å². The molecule has 262 valence electrons. The maximum Gasteiger partial charge on any atom is -0.000695 e. The van der Waals surface area contributed by atoms with Crippen LogP contribution < -0.4 is 0 Å². The largest absolute Gasteiger partial charge is 0.0616 e. The van der Waals surface area contributed by atoms with Crippen LogP contribution in [0.1, 0.15) is 0 Å². The first kappa shape index (κ1) is 29.7. The highest BCUT2D eigenvalue weighted by Gasteiger charge is 2.33. The van der Waals surface area contributed by atoms with E-state index >= 15 is 0 Å². The van der Waals surface area contributed by atoms with Crippen molar-refractivity contribution in [1.29, 1.82) is 0 Å². The molecule has 2 aliphatic carbocycles. The van der Waals surface area contributed by atoms with Crippen molar-refractivity contribution in [3.63, 3.8) is 0 Å². The molecule has 0 spiro atoms. The lowest BCUT2D eigenvalue weighted by molar-refractivity contribution is 1.70. The van der Waals surface area contributed by atoms with Crippen LogP contribution in [0.15, 0.2) is 182 Å². The van der Waals surface area contributed by atoms with E-state index in [-0.39, 0.29) is 0 Å². The second-order valence-electron chi connectivity index (χ2n) is 16.5. The molecule has 0 bridgehead atoms. The summed E-state index contributed by atoms with van der Waals surface area (Å²) in [4.78, 5) is 0. The molecule has 0 amide bonds. The van der Waals surface area contributed by atoms with Gasteiger partial charge in [0.05, 0.1) is 0 Å². The predicted octanol–water partition coefficient (Wildman–Crippen LogP) is 16.4. The van der Waals surface area contributed by atoms with Gasteiger partial charge in [-0.25, -0.2) is 0 Å². The molecule has 0 saturated heterocycles. The molecule has 0 atom stereocenters. The van der Waals surface area contributed by atoms with Crippen LogP contribution >= 0.6 is 0 Å². The molecule has 0 nitrogen and oxygen atoms in total. The quantitative estimate of drug-likeness (QED) is 0.166. The zero-order valence-corrected chi connectivity index (χ0v) is 31.3. The first-order valence-corrected chi connectivity index (χ1v) is 20.4. The van der Waals surface area contributed by atoms with Crippen molar-refractivity contribution < 1.29 is 0 Å². The first-order valence-electron chi connectivity index (χ1n) is 20.4. The number of hydrogen-bond donors (Lipinski definition) is 0. The summed E-state index contributed by atoms with van der Waals surface area (Å²) < 4.78 is 0. The molecule has 13 aromatic carbocycles. The van der Waals surface area contributed by atoms with Crippen LogP contribution in [0.3, 0.4) is 0 Å². The van der Waals surface area contributed by atoms with E-state index in [2.05, 4.69) is 182 Å². The van der Waals surface area contributed by atoms with Gasteiger partial charge in [0.1, 0.15) is 0 Å². The van der Waals surface area contributed by atoms with Crippen LogP contribution in [0.4, 0.5) is 0 Å². The number of fused-ring (bicyclic) bond motifs is 14. The third kappa shape index (κ3) is 3.35. The monoisotopic (exact) mass is 726 g/mol. The van der Waals surface area contributed by atoms with Gasteiger partial charge in [-0.3, -0.25) is 0 Å². The van der Waals surface area contributed by atoms with Gasteiger partial charge in [0.15, 0.2) is 0 Å². The van der Waals surface area contributed by atoms with Crippen LogP contribution in [0.25, 0.3) is 153 Å². The Bertz CT molecular complexity index is 3570. The van der Waals surface area contributed by atoms with E-state index < -0.39 is 0 Å². The van der Waals surface area contributed by atoms with Gasteiger partial charge in [-0.05, 0) is 153 Å². The Hall–Kier alpha value is -7.54. The van der Waals surface area contributed by atoms with Crippen molar-refractivity contribution in [1.82, 2.24) is 0 Å². The van der Waals surface area contributed by atoms with E-state index in [1.165, 1.54) is 153 Å². The van der Waals surface area contributed by atoms with E-state index in [1.807, 2.05) is 0 Å². The van der Waals surface area contributed by atoms with Gasteiger partial charge < -0.3 is 0 Å². The summed E-state index contributed by atoms with van der Waals surface area (Å²) in [7, 11) is 0. The maximum atomic E-state index is 2.45. The highest BCUT2D eigenvalue weighted by Crippen LogP contribution is 2.61. The average Bonchev–Trinajstić information content (AvgIpc) is 4.00. The van der Waals surface area contributed by atoms with Gasteiger partial charge in [0.2, 0.25) is 0 Å². The van der Waals surface area contributed by atoms with Crippen molar-refractivity contribution in [2.24, 2.45) is 0 Å². The zero-order chi connectivity index (χ0) is 37.4. The fourth-order valence-corrected chi connectivity index (χ4v) is 11.9. The Morgan fingerprint density at radius 3 is 0.810 bits per heavy atom. The Morgan fingerprint density at radius 1 is 0.155 bits per heavy atom. The molecule has 0 radical (unpaired) electrons. The van der Waals surface area contributed by atoms with Gasteiger partial charge in [0.25, 0.3) is 0 Å². The topological polar surface area (TPSA) is 0 Å². The van der Waals surface area contributed by atoms with E-state index in [0.717, 1.165) is 0 Å². The van der Waals surface area contributed by atoms with Crippen molar-refractivity contribution >= 4 is 86.2 Å². The molecule has 0 saturated carbocycles. The molecule has 13 aromatic rings. The molecule has 0 fully saturated rings. The zero-order valence-electron chi connectivity index (χ0n) is 31.3. The molecule has 0 heterocycles. The molecule has 0 aliphatic heterocycles. The predicted molar refractivity (Wildman–Crippen MR) is 249 cm³/mol. The molecule has 0 aromatic heterocycles. The van der Waals surface area contributed by atoms with Crippen molar-refractivity contribution in [3.8, 4) is 66.8 Å². The highest BCUT2D eigenvalue weighted by atomic mass is 14.3. The van der Waals surface area contributed by atoms with Crippen LogP contribution in [0.5, 0.6) is 0 Å². The summed E-state index contributed by atoms with van der Waals surface area (Å²) in [6.45, 7) is 0. The molecule has 58 heavy (non-hydrogen) atoms. The number of benzene rings is 11. The lowest BCUT2D eigenvalue weighted by atomic mass is 9.84. The summed E-state index contributed by atoms with van der Waals surface area (Å²) >= 11 is 0. The number of hydrogen-bond acceptors (Lipinski definition) is 0. The smallest absolute Gasteiger partial charge is 0.000695 e. The summed E-state index contributed by atoms with van der Waals surface area (Å²) in [6, 6.07) is 69.2. The number of rotatable bonds is 2. The van der Waals surface area contributed by atoms with Gasteiger partial charge in [-0.2, -0.15) is 0 Å². The van der Waals surface area contributed by atoms with Crippen LogP contribution in [0.2, 0.25) is 0 Å². The molecule has 0 heteroatoms. The molecule has 2 aliphatic rings. The Balaban J connectivity index is 1.27. The third-order valence-corrected chi connectivity index (χ3v) is 14.0. The molecular formula is C58H30. The van der Waals surface area contributed by atoms with Gasteiger partial charge >= 0.3 is 0 Å². The fraction of sp³-hybridized carbons (Fsp3) is 0. The van der Waals surface area contributed by atoms with E-state index in [0.29, 0.717) is 0 Å². The van der Waals surface area contributed by atoms with Crippen LogP contribution in [-0.4, -0.2) is 0 Å². The van der Waals surface area contributed by atoms with Crippen molar-refractivity contribution in [2.45, 2.75) is 0 Å². The standard InChI is InChI=1S/C58H30/c1-3-15-33-31(11-1)13-9-21-39(33)53-55-45-27-23-41-35-17-5-7-19-37(35)43-25-29-47(51(45)49(41)43)57(55)54(40-22-10-14-32-12-2-4-16-34(32)40)58-48-30-26-44-38-20-8-6-18-36(38)42-24-28-46(56(53)58)52(48)50(42)44/h1-30H. The second-order valence-corrected chi connectivity index (χ2v) is 16.5. The summed E-state index contributed by atoms with van der Waals surface area (Å²) in [5.74, 6) is 0. The minimum absolute atomic E-state index is 1.26. The van der Waals surface area contributed by atoms with E-state index in [1.54, 1.807) is 0 Å². The van der Waals surface area contributed by atoms with Gasteiger partial charge in [-0.1, -0.05) is 182 Å². The van der Waals surface area contributed by atoms with Crippen molar-refractivity contribution in [2.75, 3.05) is 0 Å². The van der Waals surface area contributed by atoms with Gasteiger partial charge in [-0.15, -0.1) is 0 Å². The van der Waals surface area contributed by atoms with Crippen molar-refractivity contribution in [3.05, 3.63) is 182 Å². The lowest BCUT2D eigenvalue weighted by Crippen LogP contribution is -1.90. The lowest BCUT2D eigenvalue weighted by Gasteiger charge is -2.18. The highest BCUT2D eigenvalue weighted by molar-refractivity contribution is 6.49. The second kappa shape index (κ2) is 10.2. The molecule has 0 N–H and O–H groups in total. The summed E-state index contributed by atoms with van der Waals surface area (Å²) in [5.41, 5.74) is 16.0. The molecule has 0 unspecified atom stereocenters. The Labute approximate surface area is 333 Å². The van der Waals surface area contributed by atoms with Gasteiger partial charge in [0, 0.05) is 0 Å². The summed E-state index contributed by atoms with van der Waals surface area (Å²) in [6.07, 6.45) is 0. The minimum Gasteiger partial charge on any atom is -0.0616 e. The Kier molecular flexibility index (Phi) is 5.25. The van der Waals surface area contributed by atoms with Crippen LogP contribution in [-0.2, 0) is 0 Å². The maximum absolute atomic E-state index is 2.45. The third-order valence-electron chi connectivity index (χ3n) is 14.0. The summed E-state index contributed by atoms with van der Waals surface area (Å²) in [5, 5.41) is 21.4. The first-order chi connectivity index (χ1) is 28.8. The van der Waals surface area contributed by atoms with E-state index in [4.69, 9.17) is 0 Å². The normalized spacial score (nSPS) is 12.8. The van der Waals surface area contributed by atoms with E-state index in [9.17, 15) is 0 Å². The molecule has 15 rings (SSSR count).